The van der Waals surface area contributed by atoms with Gasteiger partial charge in [-0.3, -0.25) is 4.79 Å². The van der Waals surface area contributed by atoms with Gasteiger partial charge < -0.3 is 18.8 Å². The van der Waals surface area contributed by atoms with Gasteiger partial charge in [-0.1, -0.05) is 18.2 Å². The minimum Gasteiger partial charge on any atom is -0.493 e. The number of para-hydroxylation sites is 1. The monoisotopic (exact) mass is 367 g/mol. The highest BCUT2D eigenvalue weighted by atomic mass is 16.5. The van der Waals surface area contributed by atoms with Gasteiger partial charge in [0, 0.05) is 29.7 Å². The number of fused-ring (bicyclic) bond motifs is 1. The molecule has 3 rings (SSSR count). The van der Waals surface area contributed by atoms with E-state index in [4.69, 9.17) is 14.2 Å². The van der Waals surface area contributed by atoms with E-state index in [-0.39, 0.29) is 5.91 Å². The number of benzene rings is 2. The molecule has 2 aromatic carbocycles. The zero-order chi connectivity index (χ0) is 19.4. The summed E-state index contributed by atoms with van der Waals surface area (Å²) >= 11 is 0. The largest absolute Gasteiger partial charge is 0.493 e. The molecule has 0 aliphatic heterocycles. The summed E-state index contributed by atoms with van der Waals surface area (Å²) in [5.74, 6) is 1.24. The molecular formula is C20H21N3O4. The maximum Gasteiger partial charge on any atom is 0.273 e. The standard InChI is InChI=1S/C20H21N3O4/c1-23-12-15(14-7-5-6-8-16(14)23)20(24)22-21-11-13-9-17(25-2)19(27-4)18(10-13)26-3/h5-12H,1-4H3,(H,22,24)/b21-11-. The van der Waals surface area contributed by atoms with Crippen LogP contribution in [-0.2, 0) is 7.05 Å². The first-order valence-electron chi connectivity index (χ1n) is 8.26. The fraction of sp³-hybridized carbons (Fsp3) is 0.200. The number of hydrogen-bond acceptors (Lipinski definition) is 5. The van der Waals surface area contributed by atoms with Gasteiger partial charge in [0.2, 0.25) is 5.75 Å². The summed E-state index contributed by atoms with van der Waals surface area (Å²) in [5.41, 5.74) is 4.81. The second kappa shape index (κ2) is 7.82. The van der Waals surface area contributed by atoms with Gasteiger partial charge in [0.25, 0.3) is 5.91 Å². The zero-order valence-corrected chi connectivity index (χ0v) is 15.6. The predicted molar refractivity (Wildman–Crippen MR) is 104 cm³/mol. The van der Waals surface area contributed by atoms with Gasteiger partial charge >= 0.3 is 0 Å². The number of hydrogen-bond donors (Lipinski definition) is 1. The lowest BCUT2D eigenvalue weighted by Crippen LogP contribution is -2.17. The number of methoxy groups -OCH3 is 3. The highest BCUT2D eigenvalue weighted by molar-refractivity contribution is 6.07. The lowest BCUT2D eigenvalue weighted by Gasteiger charge is -2.12. The number of aryl methyl sites for hydroxylation is 1. The second-order valence-electron chi connectivity index (χ2n) is 5.83. The second-order valence-corrected chi connectivity index (χ2v) is 5.83. The van der Waals surface area contributed by atoms with Crippen molar-refractivity contribution in [2.75, 3.05) is 21.3 Å². The maximum absolute atomic E-state index is 12.5. The van der Waals surface area contributed by atoms with Crippen LogP contribution in [0.5, 0.6) is 17.2 Å². The van der Waals surface area contributed by atoms with Crippen molar-refractivity contribution in [3.63, 3.8) is 0 Å². The molecule has 0 radical (unpaired) electrons. The number of ether oxygens (including phenoxy) is 3. The van der Waals surface area contributed by atoms with Gasteiger partial charge in [0.15, 0.2) is 11.5 Å². The third-order valence-corrected chi connectivity index (χ3v) is 4.21. The van der Waals surface area contributed by atoms with Gasteiger partial charge in [0.1, 0.15) is 0 Å². The number of hydrazone groups is 1. The molecule has 0 saturated carbocycles. The molecule has 27 heavy (non-hydrogen) atoms. The molecule has 0 aliphatic carbocycles. The van der Waals surface area contributed by atoms with Gasteiger partial charge in [0.05, 0.1) is 33.1 Å². The summed E-state index contributed by atoms with van der Waals surface area (Å²) in [5, 5.41) is 4.93. The summed E-state index contributed by atoms with van der Waals surface area (Å²) in [6, 6.07) is 11.2. The topological polar surface area (TPSA) is 74.1 Å². The summed E-state index contributed by atoms with van der Waals surface area (Å²) < 4.78 is 17.8. The molecule has 3 aromatic rings. The fourth-order valence-electron chi connectivity index (χ4n) is 2.92. The van der Waals surface area contributed by atoms with Crippen LogP contribution in [0.3, 0.4) is 0 Å². The van der Waals surface area contributed by atoms with Crippen molar-refractivity contribution in [3.05, 3.63) is 53.7 Å². The Morgan fingerprint density at radius 2 is 1.74 bits per heavy atom. The van der Waals surface area contributed by atoms with Crippen molar-refractivity contribution >= 4 is 23.0 Å². The van der Waals surface area contributed by atoms with Crippen molar-refractivity contribution in [1.29, 1.82) is 0 Å². The normalized spacial score (nSPS) is 11.0. The SMILES string of the molecule is COc1cc(/C=N\NC(=O)c2cn(C)c3ccccc23)cc(OC)c1OC. The van der Waals surface area contributed by atoms with Crippen molar-refractivity contribution < 1.29 is 19.0 Å². The molecule has 1 N–H and O–H groups in total. The van der Waals surface area contributed by atoms with E-state index in [9.17, 15) is 4.79 Å². The van der Waals surface area contributed by atoms with Crippen LogP contribution in [0, 0.1) is 0 Å². The van der Waals surface area contributed by atoms with Gasteiger partial charge in [-0.15, -0.1) is 0 Å². The zero-order valence-electron chi connectivity index (χ0n) is 15.6. The van der Waals surface area contributed by atoms with Crippen LogP contribution in [0.15, 0.2) is 47.7 Å². The Morgan fingerprint density at radius 3 is 2.37 bits per heavy atom. The third-order valence-electron chi connectivity index (χ3n) is 4.21. The van der Waals surface area contributed by atoms with Crippen molar-refractivity contribution in [2.45, 2.75) is 0 Å². The van der Waals surface area contributed by atoms with E-state index in [0.717, 1.165) is 10.9 Å². The number of amides is 1. The molecule has 0 fully saturated rings. The van der Waals surface area contributed by atoms with E-state index in [1.54, 1.807) is 39.7 Å². The lowest BCUT2D eigenvalue weighted by atomic mass is 10.2. The maximum atomic E-state index is 12.5. The quantitative estimate of drug-likeness (QED) is 0.537. The molecule has 140 valence electrons. The Bertz CT molecular complexity index is 983. The van der Waals surface area contributed by atoms with Crippen LogP contribution in [-0.4, -0.2) is 38.0 Å². The van der Waals surface area contributed by atoms with E-state index in [0.29, 0.717) is 28.4 Å². The number of carbonyl (C=O) groups is 1. The minimum atomic E-state index is -0.282. The van der Waals surface area contributed by atoms with Crippen LogP contribution in [0.25, 0.3) is 10.9 Å². The van der Waals surface area contributed by atoms with Crippen molar-refractivity contribution in [3.8, 4) is 17.2 Å². The minimum absolute atomic E-state index is 0.282. The Kier molecular flexibility index (Phi) is 5.30. The van der Waals surface area contributed by atoms with Crippen molar-refractivity contribution in [1.82, 2.24) is 9.99 Å². The van der Waals surface area contributed by atoms with E-state index in [1.807, 2.05) is 35.9 Å². The van der Waals surface area contributed by atoms with Crippen LogP contribution < -0.4 is 19.6 Å². The average Bonchev–Trinajstić information content (AvgIpc) is 3.04. The first-order valence-corrected chi connectivity index (χ1v) is 8.26. The molecule has 1 heterocycles. The number of nitrogens with one attached hydrogen (secondary N) is 1. The molecule has 7 nitrogen and oxygen atoms in total. The molecule has 1 amide bonds. The van der Waals surface area contributed by atoms with Gasteiger partial charge in [-0.25, -0.2) is 5.43 Å². The van der Waals surface area contributed by atoms with Crippen LogP contribution in [0.2, 0.25) is 0 Å². The smallest absolute Gasteiger partial charge is 0.273 e. The Morgan fingerprint density at radius 1 is 1.07 bits per heavy atom. The Balaban J connectivity index is 1.82. The summed E-state index contributed by atoms with van der Waals surface area (Å²) in [4.78, 5) is 12.5. The van der Waals surface area contributed by atoms with E-state index >= 15 is 0 Å². The van der Waals surface area contributed by atoms with E-state index in [1.165, 1.54) is 6.21 Å². The Labute approximate surface area is 157 Å². The first-order chi connectivity index (χ1) is 13.1. The lowest BCUT2D eigenvalue weighted by molar-refractivity contribution is 0.0956. The first kappa shape index (κ1) is 18.3. The third kappa shape index (κ3) is 3.57. The average molecular weight is 367 g/mol. The van der Waals surface area contributed by atoms with Crippen LogP contribution in [0.1, 0.15) is 15.9 Å². The molecule has 0 aliphatic rings. The molecule has 7 heteroatoms. The number of rotatable bonds is 6. The fourth-order valence-corrected chi connectivity index (χ4v) is 2.92. The number of aromatic nitrogens is 1. The molecule has 0 atom stereocenters. The molecule has 0 unspecified atom stereocenters. The molecule has 0 spiro atoms. The molecule has 1 aromatic heterocycles. The van der Waals surface area contributed by atoms with Gasteiger partial charge in [-0.2, -0.15) is 5.10 Å². The summed E-state index contributed by atoms with van der Waals surface area (Å²) in [6.07, 6.45) is 3.31. The van der Waals surface area contributed by atoms with Crippen LogP contribution >= 0.6 is 0 Å². The Hall–Kier alpha value is -3.48. The summed E-state index contributed by atoms with van der Waals surface area (Å²) in [6.45, 7) is 0. The highest BCUT2D eigenvalue weighted by Crippen LogP contribution is 2.37. The number of carbonyl (C=O) groups excluding carboxylic acids is 1. The van der Waals surface area contributed by atoms with Crippen molar-refractivity contribution in [2.24, 2.45) is 12.1 Å². The van der Waals surface area contributed by atoms with Gasteiger partial charge in [-0.05, 0) is 18.2 Å². The molecule has 0 saturated heterocycles. The van der Waals surface area contributed by atoms with Crippen LogP contribution in [0.4, 0.5) is 0 Å². The number of nitrogens with zero attached hydrogens (tertiary/aromatic N) is 2. The highest BCUT2D eigenvalue weighted by Gasteiger charge is 2.14. The van der Waals surface area contributed by atoms with E-state index < -0.39 is 0 Å². The molecular weight excluding hydrogens is 346 g/mol. The predicted octanol–water partition coefficient (Wildman–Crippen LogP) is 2.97. The summed E-state index contributed by atoms with van der Waals surface area (Å²) in [7, 11) is 6.53. The molecule has 0 bridgehead atoms. The van der Waals surface area contributed by atoms with E-state index in [2.05, 4.69) is 10.5 Å².